The zero-order chi connectivity index (χ0) is 27.3. The number of hydrogen-bond acceptors (Lipinski definition) is 4. The van der Waals surface area contributed by atoms with Crippen LogP contribution < -0.4 is 0 Å². The second kappa shape index (κ2) is 8.32. The first kappa shape index (κ1) is 27.2. The average molecular weight is 515 g/mol. The third kappa shape index (κ3) is 3.37. The minimum Gasteiger partial charge on any atom is -0.481 e. The number of aliphatic carboxylic acids is 1. The number of fused-ring (bicyclic) bond motifs is 7. The van der Waals surface area contributed by atoms with Crippen molar-refractivity contribution in [3.05, 3.63) is 12.2 Å². The van der Waals surface area contributed by atoms with Gasteiger partial charge in [0.1, 0.15) is 6.10 Å². The summed E-state index contributed by atoms with van der Waals surface area (Å²) in [5.41, 5.74) is 0.349. The van der Waals surface area contributed by atoms with Crippen molar-refractivity contribution >= 4 is 11.9 Å². The first-order valence-corrected chi connectivity index (χ1v) is 14.8. The lowest BCUT2D eigenvalue weighted by Crippen LogP contribution is -2.69. The fourth-order valence-corrected chi connectivity index (χ4v) is 12.0. The molecule has 0 heterocycles. The Morgan fingerprint density at radius 2 is 1.54 bits per heavy atom. The van der Waals surface area contributed by atoms with Gasteiger partial charge in [0, 0.05) is 12.3 Å². The first-order valence-electron chi connectivity index (χ1n) is 14.8. The third-order valence-electron chi connectivity index (χ3n) is 13.7. The second-order valence-electron chi connectivity index (χ2n) is 15.3. The molecule has 0 aromatic rings. The van der Waals surface area contributed by atoms with Crippen molar-refractivity contribution in [1.82, 2.24) is 0 Å². The molecule has 5 aliphatic carbocycles. The van der Waals surface area contributed by atoms with Crippen LogP contribution in [0.1, 0.15) is 106 Å². The normalized spacial score (nSPS) is 52.2. The van der Waals surface area contributed by atoms with Crippen LogP contribution in [0.3, 0.4) is 0 Å². The van der Waals surface area contributed by atoms with Gasteiger partial charge < -0.3 is 14.9 Å². The molecule has 5 fully saturated rings. The lowest BCUT2D eigenvalue weighted by Gasteiger charge is -2.73. The SMILES string of the molecule is C=C(C)C1CC[C@]2(C(=O)O)CC[C@]3(C)C(CCC4[C@@]5(C)C[C@@H](O)[C@H](OC(C)=O)C(C)(C)C5CC[C@]43C)C12. The van der Waals surface area contributed by atoms with Crippen molar-refractivity contribution in [2.24, 2.45) is 56.7 Å². The Hall–Kier alpha value is -1.36. The monoisotopic (exact) mass is 514 g/mol. The molecule has 2 N–H and O–H groups in total. The van der Waals surface area contributed by atoms with Crippen molar-refractivity contribution < 1.29 is 24.5 Å². The summed E-state index contributed by atoms with van der Waals surface area (Å²) >= 11 is 0. The van der Waals surface area contributed by atoms with Crippen LogP contribution in [0.2, 0.25) is 0 Å². The molecule has 0 aliphatic heterocycles. The summed E-state index contributed by atoms with van der Waals surface area (Å²) in [6.07, 6.45) is 7.33. The van der Waals surface area contributed by atoms with E-state index >= 15 is 0 Å². The van der Waals surface area contributed by atoms with E-state index in [4.69, 9.17) is 4.74 Å². The topological polar surface area (TPSA) is 83.8 Å². The summed E-state index contributed by atoms with van der Waals surface area (Å²) < 4.78 is 5.74. The summed E-state index contributed by atoms with van der Waals surface area (Å²) in [5.74, 6) is 0.774. The fourth-order valence-electron chi connectivity index (χ4n) is 12.0. The fraction of sp³-hybridized carbons (Fsp3) is 0.875. The van der Waals surface area contributed by atoms with E-state index in [1.165, 1.54) is 6.92 Å². The van der Waals surface area contributed by atoms with Gasteiger partial charge in [-0.05, 0) is 111 Å². The van der Waals surface area contributed by atoms with E-state index in [1.807, 2.05) is 0 Å². The molecule has 5 unspecified atom stereocenters. The molecule has 5 nitrogen and oxygen atoms in total. The Labute approximate surface area is 223 Å². The van der Waals surface area contributed by atoms with Crippen molar-refractivity contribution in [2.45, 2.75) is 118 Å². The molecule has 0 radical (unpaired) electrons. The van der Waals surface area contributed by atoms with Crippen molar-refractivity contribution in [3.8, 4) is 0 Å². The lowest BCUT2D eigenvalue weighted by atomic mass is 9.32. The van der Waals surface area contributed by atoms with Crippen LogP contribution in [0.15, 0.2) is 12.2 Å². The molecular formula is C32H50O5. The van der Waals surface area contributed by atoms with Gasteiger partial charge >= 0.3 is 11.9 Å². The van der Waals surface area contributed by atoms with Crippen LogP contribution in [-0.4, -0.2) is 34.4 Å². The Kier molecular flexibility index (Phi) is 6.12. The number of rotatable bonds is 3. The molecule has 5 aliphatic rings. The zero-order valence-electron chi connectivity index (χ0n) is 24.2. The van der Waals surface area contributed by atoms with E-state index in [1.54, 1.807) is 0 Å². The summed E-state index contributed by atoms with van der Waals surface area (Å²) in [7, 11) is 0. The van der Waals surface area contributed by atoms with Gasteiger partial charge in [-0.15, -0.1) is 0 Å². The molecule has 5 heteroatoms. The van der Waals surface area contributed by atoms with Crippen LogP contribution in [0.4, 0.5) is 0 Å². The van der Waals surface area contributed by atoms with E-state index in [0.29, 0.717) is 30.1 Å². The van der Waals surface area contributed by atoms with Gasteiger partial charge in [0.15, 0.2) is 0 Å². The zero-order valence-corrected chi connectivity index (χ0v) is 24.2. The van der Waals surface area contributed by atoms with Gasteiger partial charge in [0.05, 0.1) is 11.5 Å². The van der Waals surface area contributed by atoms with E-state index < -0.39 is 23.6 Å². The summed E-state index contributed by atoms with van der Waals surface area (Å²) in [6, 6.07) is 0. The average Bonchev–Trinajstić information content (AvgIpc) is 3.18. The van der Waals surface area contributed by atoms with E-state index in [-0.39, 0.29) is 33.5 Å². The van der Waals surface area contributed by atoms with Gasteiger partial charge in [0.25, 0.3) is 0 Å². The van der Waals surface area contributed by atoms with E-state index in [9.17, 15) is 19.8 Å². The lowest BCUT2D eigenvalue weighted by molar-refractivity contribution is -0.266. The Morgan fingerprint density at radius 3 is 2.14 bits per heavy atom. The van der Waals surface area contributed by atoms with E-state index in [0.717, 1.165) is 56.9 Å². The number of carbonyl (C=O) groups excluding carboxylic acids is 1. The minimum atomic E-state index is -0.665. The number of carbonyl (C=O) groups is 2. The summed E-state index contributed by atoms with van der Waals surface area (Å²) in [5, 5.41) is 21.9. The quantitative estimate of drug-likeness (QED) is 0.326. The Bertz CT molecular complexity index is 1000. The highest BCUT2D eigenvalue weighted by Gasteiger charge is 2.72. The standard InChI is InChI=1S/C32H50O5/c1-18(2)20-11-14-32(27(35)36)16-15-30(7)21(25(20)32)9-10-24-29(6)17-22(34)26(37-19(3)33)28(4,5)23(29)12-13-31(24,30)8/h20-26,34H,1,9-17H2,2-8H3,(H,35,36)/t20?,21?,22-,23?,24?,25?,26+,29+,30-,31-,32+/m1/s1. The van der Waals surface area contributed by atoms with Gasteiger partial charge in [-0.1, -0.05) is 46.8 Å². The largest absolute Gasteiger partial charge is 0.481 e. The molecule has 0 saturated heterocycles. The molecule has 0 amide bonds. The predicted octanol–water partition coefficient (Wildman–Crippen LogP) is 6.63. The maximum Gasteiger partial charge on any atom is 0.309 e. The molecule has 0 spiro atoms. The Morgan fingerprint density at radius 1 is 0.865 bits per heavy atom. The number of carboxylic acid groups (broad SMARTS) is 1. The number of esters is 1. The highest BCUT2D eigenvalue weighted by atomic mass is 16.6. The highest BCUT2D eigenvalue weighted by Crippen LogP contribution is 2.77. The molecule has 208 valence electrons. The van der Waals surface area contributed by atoms with Crippen molar-refractivity contribution in [2.75, 3.05) is 0 Å². The Balaban J connectivity index is 1.54. The number of ether oxygens (including phenoxy) is 1. The van der Waals surface area contributed by atoms with Gasteiger partial charge in [-0.25, -0.2) is 0 Å². The summed E-state index contributed by atoms with van der Waals surface area (Å²) in [4.78, 5) is 24.7. The number of carboxylic acids is 1. The molecule has 5 saturated carbocycles. The smallest absolute Gasteiger partial charge is 0.309 e. The van der Waals surface area contributed by atoms with Crippen LogP contribution in [-0.2, 0) is 14.3 Å². The molecular weight excluding hydrogens is 464 g/mol. The summed E-state index contributed by atoms with van der Waals surface area (Å²) in [6.45, 7) is 19.7. The predicted molar refractivity (Wildman–Crippen MR) is 144 cm³/mol. The molecule has 0 aromatic carbocycles. The third-order valence-corrected chi connectivity index (χ3v) is 13.7. The van der Waals surface area contributed by atoms with Crippen LogP contribution in [0.25, 0.3) is 0 Å². The maximum atomic E-state index is 12.8. The van der Waals surface area contributed by atoms with Gasteiger partial charge in [0.2, 0.25) is 0 Å². The molecule has 11 atom stereocenters. The number of aliphatic hydroxyl groups is 1. The number of hydrogen-bond donors (Lipinski definition) is 2. The van der Waals surface area contributed by atoms with Crippen molar-refractivity contribution in [1.29, 1.82) is 0 Å². The minimum absolute atomic E-state index is 0.0503. The molecule has 0 aromatic heterocycles. The van der Waals surface area contributed by atoms with Crippen LogP contribution in [0, 0.1) is 56.7 Å². The molecule has 37 heavy (non-hydrogen) atoms. The maximum absolute atomic E-state index is 12.8. The van der Waals surface area contributed by atoms with Crippen LogP contribution in [0.5, 0.6) is 0 Å². The number of allylic oxidation sites excluding steroid dienone is 1. The molecule has 5 rings (SSSR count). The van der Waals surface area contributed by atoms with Gasteiger partial charge in [-0.2, -0.15) is 0 Å². The first-order chi connectivity index (χ1) is 17.1. The van der Waals surface area contributed by atoms with Crippen molar-refractivity contribution in [3.63, 3.8) is 0 Å². The molecule has 0 bridgehead atoms. The van der Waals surface area contributed by atoms with E-state index in [2.05, 4.69) is 48.1 Å². The second-order valence-corrected chi connectivity index (χ2v) is 15.3. The number of aliphatic hydroxyl groups excluding tert-OH is 1. The van der Waals surface area contributed by atoms with Gasteiger partial charge in [-0.3, -0.25) is 9.59 Å². The van der Waals surface area contributed by atoms with Crippen LogP contribution >= 0.6 is 0 Å². The highest BCUT2D eigenvalue weighted by molar-refractivity contribution is 5.76.